The average molecular weight is 276 g/mol. The number of hydrogen-bond donors (Lipinski definition) is 3. The van der Waals surface area contributed by atoms with E-state index in [0.29, 0.717) is 30.0 Å². The van der Waals surface area contributed by atoms with Crippen LogP contribution in [-0.4, -0.2) is 22.5 Å². The predicted octanol–water partition coefficient (Wildman–Crippen LogP) is 2.03. The molecule has 20 heavy (non-hydrogen) atoms. The summed E-state index contributed by atoms with van der Waals surface area (Å²) in [5.74, 6) is -0.881. The molecule has 0 saturated heterocycles. The first-order valence-corrected chi connectivity index (χ1v) is 6.85. The number of para-hydroxylation sites is 1. The molecule has 0 aliphatic heterocycles. The molecular formula is C15H20N2O3. The van der Waals surface area contributed by atoms with Crippen LogP contribution in [0.25, 0.3) is 0 Å². The first kappa shape index (κ1) is 14.4. The minimum Gasteiger partial charge on any atom is -0.480 e. The number of carbonyl (C=O) groups is 2. The summed E-state index contributed by atoms with van der Waals surface area (Å²) in [6.45, 7) is 2.10. The van der Waals surface area contributed by atoms with Crippen LogP contribution < -0.4 is 11.1 Å². The molecule has 0 bridgehead atoms. The van der Waals surface area contributed by atoms with Crippen LogP contribution in [0.2, 0.25) is 0 Å². The fourth-order valence-electron chi connectivity index (χ4n) is 2.64. The van der Waals surface area contributed by atoms with Crippen LogP contribution >= 0.6 is 0 Å². The lowest BCUT2D eigenvalue weighted by molar-refractivity contribution is -0.146. The summed E-state index contributed by atoms with van der Waals surface area (Å²) in [7, 11) is 0. The summed E-state index contributed by atoms with van der Waals surface area (Å²) in [4.78, 5) is 23.9. The summed E-state index contributed by atoms with van der Waals surface area (Å²) >= 11 is 0. The number of amides is 1. The number of benzene rings is 1. The highest BCUT2D eigenvalue weighted by Crippen LogP contribution is 2.32. The molecule has 5 heteroatoms. The Hall–Kier alpha value is -2.04. The molecule has 1 aliphatic carbocycles. The van der Waals surface area contributed by atoms with E-state index < -0.39 is 17.4 Å². The maximum atomic E-state index is 12.3. The zero-order valence-electron chi connectivity index (χ0n) is 11.6. The monoisotopic (exact) mass is 276 g/mol. The highest BCUT2D eigenvalue weighted by molar-refractivity contribution is 6.01. The number of aliphatic carboxylic acids is 1. The Morgan fingerprint density at radius 3 is 2.45 bits per heavy atom. The van der Waals surface area contributed by atoms with Crippen molar-refractivity contribution in [3.8, 4) is 0 Å². The fraction of sp³-hybridized carbons (Fsp3) is 0.467. The lowest BCUT2D eigenvalue weighted by atomic mass is 9.77. The van der Waals surface area contributed by atoms with Gasteiger partial charge in [0.05, 0.1) is 5.56 Å². The molecule has 4 N–H and O–H groups in total. The normalized spacial score (nSPS) is 25.9. The number of nitrogens with two attached hydrogens (primary N) is 1. The van der Waals surface area contributed by atoms with Gasteiger partial charge in [0.2, 0.25) is 0 Å². The molecule has 0 unspecified atom stereocenters. The van der Waals surface area contributed by atoms with Crippen LogP contribution in [0.5, 0.6) is 0 Å². The minimum absolute atomic E-state index is 0.326. The van der Waals surface area contributed by atoms with Gasteiger partial charge in [-0.2, -0.15) is 0 Å². The topological polar surface area (TPSA) is 92.4 Å². The molecule has 0 radical (unpaired) electrons. The zero-order chi connectivity index (χ0) is 14.8. The maximum Gasteiger partial charge on any atom is 0.329 e. The number of carboxylic acids is 1. The van der Waals surface area contributed by atoms with Crippen molar-refractivity contribution in [2.45, 2.75) is 38.1 Å². The van der Waals surface area contributed by atoms with Gasteiger partial charge < -0.3 is 16.2 Å². The number of nitrogen functional groups attached to an aromatic ring is 1. The van der Waals surface area contributed by atoms with Crippen LogP contribution in [0.1, 0.15) is 43.0 Å². The highest BCUT2D eigenvalue weighted by Gasteiger charge is 2.42. The molecular weight excluding hydrogens is 256 g/mol. The van der Waals surface area contributed by atoms with Crippen molar-refractivity contribution in [1.29, 1.82) is 0 Å². The van der Waals surface area contributed by atoms with Crippen molar-refractivity contribution in [3.63, 3.8) is 0 Å². The molecule has 0 spiro atoms. The Bertz CT molecular complexity index is 520. The number of rotatable bonds is 3. The van der Waals surface area contributed by atoms with Crippen LogP contribution in [0.3, 0.4) is 0 Å². The van der Waals surface area contributed by atoms with Crippen LogP contribution in [0.4, 0.5) is 5.69 Å². The second kappa shape index (κ2) is 5.53. The third-order valence-corrected chi connectivity index (χ3v) is 4.10. The molecule has 2 rings (SSSR count). The predicted molar refractivity (Wildman–Crippen MR) is 76.3 cm³/mol. The Morgan fingerprint density at radius 2 is 1.90 bits per heavy atom. The first-order chi connectivity index (χ1) is 9.44. The van der Waals surface area contributed by atoms with E-state index in [2.05, 4.69) is 12.2 Å². The number of nitrogens with one attached hydrogen (secondary N) is 1. The second-order valence-electron chi connectivity index (χ2n) is 5.61. The maximum absolute atomic E-state index is 12.3. The van der Waals surface area contributed by atoms with E-state index in [9.17, 15) is 14.7 Å². The van der Waals surface area contributed by atoms with Crippen molar-refractivity contribution < 1.29 is 14.7 Å². The minimum atomic E-state index is -1.16. The van der Waals surface area contributed by atoms with Crippen molar-refractivity contribution in [2.75, 3.05) is 5.73 Å². The van der Waals surface area contributed by atoms with E-state index in [1.54, 1.807) is 24.3 Å². The Kier molecular flexibility index (Phi) is 3.97. The molecule has 1 amide bonds. The summed E-state index contributed by atoms with van der Waals surface area (Å²) in [5.41, 5.74) is 5.28. The van der Waals surface area contributed by atoms with Gasteiger partial charge >= 0.3 is 5.97 Å². The fourth-order valence-corrected chi connectivity index (χ4v) is 2.64. The van der Waals surface area contributed by atoms with E-state index in [1.807, 2.05) is 0 Å². The molecule has 1 aromatic carbocycles. The SMILES string of the molecule is CC1CCC(NC(=O)c2ccccc2N)(C(=O)O)CC1. The smallest absolute Gasteiger partial charge is 0.329 e. The molecule has 0 heterocycles. The van der Waals surface area contributed by atoms with Gasteiger partial charge in [0.25, 0.3) is 5.91 Å². The second-order valence-corrected chi connectivity index (χ2v) is 5.61. The summed E-state index contributed by atoms with van der Waals surface area (Å²) in [6.07, 6.45) is 2.53. The third kappa shape index (κ3) is 2.76. The van der Waals surface area contributed by atoms with E-state index in [4.69, 9.17) is 5.73 Å². The van der Waals surface area contributed by atoms with Gasteiger partial charge in [0, 0.05) is 5.69 Å². The standard InChI is InChI=1S/C15H20N2O3/c1-10-6-8-15(9-7-10,14(19)20)17-13(18)11-4-2-3-5-12(11)16/h2-5,10H,6-9,16H2,1H3,(H,17,18)(H,19,20). The molecule has 0 atom stereocenters. The number of carbonyl (C=O) groups excluding carboxylic acids is 1. The average Bonchev–Trinajstić information content (AvgIpc) is 2.41. The van der Waals surface area contributed by atoms with E-state index in [0.717, 1.165) is 12.8 Å². The van der Waals surface area contributed by atoms with E-state index >= 15 is 0 Å². The van der Waals surface area contributed by atoms with Crippen molar-refractivity contribution in [3.05, 3.63) is 29.8 Å². The highest BCUT2D eigenvalue weighted by atomic mass is 16.4. The largest absolute Gasteiger partial charge is 0.480 e. The summed E-state index contributed by atoms with van der Waals surface area (Å²) < 4.78 is 0. The molecule has 0 aromatic heterocycles. The van der Waals surface area contributed by atoms with E-state index in [-0.39, 0.29) is 0 Å². The van der Waals surface area contributed by atoms with Gasteiger partial charge in [-0.15, -0.1) is 0 Å². The van der Waals surface area contributed by atoms with Crippen LogP contribution in [0.15, 0.2) is 24.3 Å². The third-order valence-electron chi connectivity index (χ3n) is 4.10. The van der Waals surface area contributed by atoms with Crippen molar-refractivity contribution >= 4 is 17.6 Å². The molecule has 108 valence electrons. The van der Waals surface area contributed by atoms with Crippen molar-refractivity contribution in [1.82, 2.24) is 5.32 Å². The molecule has 1 aromatic rings. The Morgan fingerprint density at radius 1 is 1.30 bits per heavy atom. The Labute approximate surface area is 118 Å². The van der Waals surface area contributed by atoms with Crippen molar-refractivity contribution in [2.24, 2.45) is 5.92 Å². The lowest BCUT2D eigenvalue weighted by Gasteiger charge is -2.36. The number of hydrogen-bond acceptors (Lipinski definition) is 3. The number of anilines is 1. The summed E-state index contributed by atoms with van der Waals surface area (Å²) in [6, 6.07) is 6.68. The van der Waals surface area contributed by atoms with Gasteiger partial charge in [-0.3, -0.25) is 4.79 Å². The zero-order valence-corrected chi connectivity index (χ0v) is 11.6. The van der Waals surface area contributed by atoms with Crippen LogP contribution in [0, 0.1) is 5.92 Å². The molecule has 5 nitrogen and oxygen atoms in total. The molecule has 1 aliphatic rings. The quantitative estimate of drug-likeness (QED) is 0.736. The Balaban J connectivity index is 2.19. The lowest BCUT2D eigenvalue weighted by Crippen LogP contribution is -2.56. The number of carboxylic acid groups (broad SMARTS) is 1. The van der Waals surface area contributed by atoms with Gasteiger partial charge in [0.1, 0.15) is 5.54 Å². The van der Waals surface area contributed by atoms with E-state index in [1.165, 1.54) is 0 Å². The van der Waals surface area contributed by atoms with Gasteiger partial charge in [-0.05, 0) is 43.7 Å². The van der Waals surface area contributed by atoms with Crippen LogP contribution in [-0.2, 0) is 4.79 Å². The molecule has 1 saturated carbocycles. The first-order valence-electron chi connectivity index (χ1n) is 6.85. The van der Waals surface area contributed by atoms with Gasteiger partial charge in [-0.25, -0.2) is 4.79 Å². The van der Waals surface area contributed by atoms with Gasteiger partial charge in [-0.1, -0.05) is 19.1 Å². The van der Waals surface area contributed by atoms with Gasteiger partial charge in [0.15, 0.2) is 0 Å². The molecule has 1 fully saturated rings. The summed E-state index contributed by atoms with van der Waals surface area (Å²) in [5, 5.41) is 12.2.